The number of hydrogen-bond donors (Lipinski definition) is 0. The van der Waals surface area contributed by atoms with E-state index in [9.17, 15) is 13.2 Å². The minimum absolute atomic E-state index is 0. The van der Waals surface area contributed by atoms with Crippen LogP contribution in [0.25, 0.3) is 43.5 Å². The van der Waals surface area contributed by atoms with E-state index in [0.29, 0.717) is 0 Å². The Morgan fingerprint density at radius 1 is 0.612 bits per heavy atom. The van der Waals surface area contributed by atoms with Crippen LogP contribution in [0.1, 0.15) is 37.1 Å². The summed E-state index contributed by atoms with van der Waals surface area (Å²) in [7, 11) is -7.63. The van der Waals surface area contributed by atoms with Crippen molar-refractivity contribution in [1.29, 1.82) is 0 Å². The molecule has 1 heterocycles. The van der Waals surface area contributed by atoms with Crippen molar-refractivity contribution < 1.29 is 51.6 Å². The largest absolute Gasteiger partial charge is 1.00 e. The molecule has 7 aromatic rings. The first-order valence-electron chi connectivity index (χ1n) is 15.0. The van der Waals surface area contributed by atoms with E-state index in [-0.39, 0.29) is 29.2 Å². The van der Waals surface area contributed by atoms with Crippen LogP contribution in [0.5, 0.6) is 0 Å². The van der Waals surface area contributed by atoms with Crippen LogP contribution < -0.4 is 4.67 Å². The Balaban J connectivity index is 0.000000467. The van der Waals surface area contributed by atoms with Crippen LogP contribution in [0.4, 0.5) is 13.2 Å². The molecular weight excluding hydrogens is 722 g/mol. The summed E-state index contributed by atoms with van der Waals surface area (Å²) in [6, 6.07) is 47.0. The SMILES string of the molecule is C[C@@H](c1ccccc1)N([C@@H](C)c1ccccc1)p1oc2ccc3ccccc3c2c2c(ccc3ccccc32)o1.O=S(=O)([O-])C(F)(F)F.[Cu+]. The standard InChI is InChI=1S/C36H30NO2P.CHF3O3S.Cu/c1-25(27-13-5-3-6-14-27)37(26(2)28-15-7-4-8-16-28)40-38-33-23-21-29-17-9-11-19-31(29)35(33)36-32-20-12-10-18-30(32)22-24-34(36)39-40;2-1(3,4)8(5,6)7;/h3-26H,1-2H3;(H,5,6,7);/q;;+1/p-1/t25-,26-;;/m0../s1. The fourth-order valence-corrected chi connectivity index (χ4v) is 7.54. The van der Waals surface area contributed by atoms with Crippen LogP contribution >= 0.6 is 8.16 Å². The van der Waals surface area contributed by atoms with Crippen molar-refractivity contribution in [3.8, 4) is 0 Å². The van der Waals surface area contributed by atoms with Crippen LogP contribution in [-0.2, 0) is 27.2 Å². The van der Waals surface area contributed by atoms with Crippen molar-refractivity contribution in [3.63, 3.8) is 0 Å². The van der Waals surface area contributed by atoms with Gasteiger partial charge in [-0.15, -0.1) is 0 Å². The van der Waals surface area contributed by atoms with E-state index in [1.807, 2.05) is 0 Å². The molecule has 49 heavy (non-hydrogen) atoms. The molecule has 0 fully saturated rings. The zero-order valence-electron chi connectivity index (χ0n) is 26.1. The minimum atomic E-state index is -6.09. The second kappa shape index (κ2) is 14.8. The minimum Gasteiger partial charge on any atom is -0.741 e. The van der Waals surface area contributed by atoms with Crippen LogP contribution in [0.2, 0.25) is 0 Å². The Hall–Kier alpha value is -4.08. The zero-order valence-corrected chi connectivity index (χ0v) is 28.8. The normalized spacial score (nSPS) is 13.1. The summed E-state index contributed by atoms with van der Waals surface area (Å²) in [5, 5.41) is 6.88. The molecule has 0 radical (unpaired) electrons. The summed E-state index contributed by atoms with van der Waals surface area (Å²) < 4.78 is 75.3. The Morgan fingerprint density at radius 3 is 1.33 bits per heavy atom. The second-order valence-electron chi connectivity index (χ2n) is 11.2. The monoisotopic (exact) mass is 751 g/mol. The van der Waals surface area contributed by atoms with E-state index in [4.69, 9.17) is 21.4 Å². The number of rotatable bonds is 5. The van der Waals surface area contributed by atoms with Crippen molar-refractivity contribution >= 4 is 61.8 Å². The Kier molecular flexibility index (Phi) is 10.9. The Bertz CT molecular complexity index is 2230. The predicted molar refractivity (Wildman–Crippen MR) is 185 cm³/mol. The number of halogens is 3. The van der Waals surface area contributed by atoms with Gasteiger partial charge in [-0.3, -0.25) is 0 Å². The first-order valence-corrected chi connectivity index (χ1v) is 17.6. The molecule has 0 spiro atoms. The maximum atomic E-state index is 10.7. The van der Waals surface area contributed by atoms with Gasteiger partial charge >= 0.3 is 30.7 Å². The predicted octanol–water partition coefficient (Wildman–Crippen LogP) is 11.1. The number of alkyl halides is 3. The van der Waals surface area contributed by atoms with Gasteiger partial charge in [0, 0.05) is 22.9 Å². The molecule has 0 unspecified atom stereocenters. The van der Waals surface area contributed by atoms with Gasteiger partial charge in [0.1, 0.15) is 11.2 Å². The van der Waals surface area contributed by atoms with E-state index in [1.165, 1.54) is 21.9 Å². The Labute approximate surface area is 293 Å². The van der Waals surface area contributed by atoms with Crippen LogP contribution in [0.3, 0.4) is 0 Å². The van der Waals surface area contributed by atoms with Gasteiger partial charge in [-0.1, -0.05) is 121 Å². The molecule has 0 saturated carbocycles. The number of fused-ring (bicyclic) bond motifs is 7. The third-order valence-corrected chi connectivity index (χ3v) is 10.6. The summed E-state index contributed by atoms with van der Waals surface area (Å²) in [5.41, 5.74) is -1.49. The van der Waals surface area contributed by atoms with Crippen molar-refractivity contribution in [1.82, 2.24) is 0 Å². The van der Waals surface area contributed by atoms with Crippen LogP contribution in [0, 0.1) is 0 Å². The molecule has 0 aliphatic heterocycles. The summed E-state index contributed by atoms with van der Waals surface area (Å²) in [4.78, 5) is 0. The average molecular weight is 752 g/mol. The quantitative estimate of drug-likeness (QED) is 0.0989. The van der Waals surface area contributed by atoms with E-state index < -0.39 is 23.8 Å². The molecule has 0 saturated heterocycles. The van der Waals surface area contributed by atoms with E-state index >= 15 is 0 Å². The van der Waals surface area contributed by atoms with Crippen LogP contribution in [0.15, 0.2) is 142 Å². The van der Waals surface area contributed by atoms with Crippen molar-refractivity contribution in [2.45, 2.75) is 31.4 Å². The molecule has 0 aliphatic carbocycles. The van der Waals surface area contributed by atoms with Gasteiger partial charge in [0.15, 0.2) is 10.1 Å². The fourth-order valence-electron chi connectivity index (χ4n) is 5.84. The van der Waals surface area contributed by atoms with E-state index in [1.54, 1.807) is 0 Å². The summed E-state index contributed by atoms with van der Waals surface area (Å²) in [6.45, 7) is 4.49. The van der Waals surface area contributed by atoms with Crippen molar-refractivity contribution in [2.24, 2.45) is 0 Å². The molecule has 6 aromatic carbocycles. The summed E-state index contributed by atoms with van der Waals surface area (Å²) in [6.07, 6.45) is 0. The molecule has 0 N–H and O–H groups in total. The van der Waals surface area contributed by atoms with Crippen LogP contribution in [-0.4, -0.2) is 18.5 Å². The maximum absolute atomic E-state index is 10.7. The molecule has 7 rings (SSSR count). The molecule has 12 heteroatoms. The first kappa shape index (κ1) is 36.2. The number of benzene rings is 6. The first-order chi connectivity index (χ1) is 22.9. The summed E-state index contributed by atoms with van der Waals surface area (Å²) >= 11 is 0. The maximum Gasteiger partial charge on any atom is 1.00 e. The molecule has 1 aromatic heterocycles. The topological polar surface area (TPSA) is 86.7 Å². The van der Waals surface area contributed by atoms with Gasteiger partial charge in [0.25, 0.3) is 0 Å². The molecule has 6 nitrogen and oxygen atoms in total. The third kappa shape index (κ3) is 7.58. The summed E-state index contributed by atoms with van der Waals surface area (Å²) in [5.74, 6) is 0. The third-order valence-electron chi connectivity index (χ3n) is 8.21. The zero-order chi connectivity index (χ0) is 34.1. The smallest absolute Gasteiger partial charge is 0.741 e. The van der Waals surface area contributed by atoms with E-state index in [0.717, 1.165) is 32.7 Å². The number of nitrogens with zero attached hydrogens (tertiary/aromatic N) is 1. The van der Waals surface area contributed by atoms with Gasteiger partial charge in [-0.2, -0.15) is 17.8 Å². The van der Waals surface area contributed by atoms with Gasteiger partial charge < -0.3 is 12.9 Å². The molecule has 2 atom stereocenters. The molecular formula is C37H30CuF3NO5PS. The molecule has 0 amide bonds. The van der Waals surface area contributed by atoms with Gasteiger partial charge in [0.2, 0.25) is 0 Å². The average Bonchev–Trinajstić information content (AvgIpc) is 3.25. The molecule has 0 aliphatic rings. The fraction of sp³-hybridized carbons (Fsp3) is 0.135. The Morgan fingerprint density at radius 2 is 0.959 bits per heavy atom. The molecule has 256 valence electrons. The van der Waals surface area contributed by atoms with Gasteiger partial charge in [0.05, 0.1) is 0 Å². The number of hydrogen-bond acceptors (Lipinski definition) is 6. The van der Waals surface area contributed by atoms with Crippen molar-refractivity contribution in [2.75, 3.05) is 4.67 Å². The van der Waals surface area contributed by atoms with Crippen molar-refractivity contribution in [3.05, 3.63) is 145 Å². The van der Waals surface area contributed by atoms with E-state index in [2.05, 4.69) is 152 Å². The second-order valence-corrected chi connectivity index (χ2v) is 13.9. The molecule has 0 bridgehead atoms. The van der Waals surface area contributed by atoms with Gasteiger partial charge in [-0.05, 0) is 58.7 Å². The van der Waals surface area contributed by atoms with Gasteiger partial charge in [-0.25, -0.2) is 8.42 Å².